The van der Waals surface area contributed by atoms with E-state index in [0.29, 0.717) is 17.0 Å². The van der Waals surface area contributed by atoms with Gasteiger partial charge in [0.15, 0.2) is 0 Å². The predicted octanol–water partition coefficient (Wildman–Crippen LogP) is 3.00. The Bertz CT molecular complexity index is 438. The molecular weight excluding hydrogens is 256 g/mol. The topological polar surface area (TPSA) is 35.5 Å². The minimum atomic E-state index is 0.169. The molecule has 0 bridgehead atoms. The number of thioether (sulfide) groups is 1. The summed E-state index contributed by atoms with van der Waals surface area (Å²) in [6.07, 6.45) is 0. The molecule has 106 valence electrons. The van der Waals surface area contributed by atoms with E-state index in [-0.39, 0.29) is 6.04 Å². The van der Waals surface area contributed by atoms with Gasteiger partial charge in [-0.1, -0.05) is 13.0 Å². The first-order chi connectivity index (χ1) is 9.04. The number of nitrogens with one attached hydrogen (secondary N) is 1. The van der Waals surface area contributed by atoms with Crippen LogP contribution in [-0.4, -0.2) is 35.7 Å². The molecule has 4 heteroatoms. The first-order valence-corrected chi connectivity index (χ1v) is 7.98. The summed E-state index contributed by atoms with van der Waals surface area (Å²) in [6.45, 7) is 7.64. The molecule has 0 aromatic heterocycles. The van der Waals surface area contributed by atoms with Crippen molar-refractivity contribution in [1.29, 1.82) is 0 Å². The lowest BCUT2D eigenvalue weighted by molar-refractivity contribution is 0.457. The number of phenols is 1. The third-order valence-corrected chi connectivity index (χ3v) is 5.47. The van der Waals surface area contributed by atoms with E-state index in [4.69, 9.17) is 0 Å². The van der Waals surface area contributed by atoms with Gasteiger partial charge in [-0.05, 0) is 27.0 Å². The Hall–Kier alpha value is -0.870. The molecule has 0 amide bonds. The molecule has 1 heterocycles. The summed E-state index contributed by atoms with van der Waals surface area (Å²) in [4.78, 5) is 2.40. The fourth-order valence-corrected chi connectivity index (χ4v) is 3.63. The molecule has 19 heavy (non-hydrogen) atoms. The summed E-state index contributed by atoms with van der Waals surface area (Å²) in [6, 6.07) is 6.74. The zero-order valence-corrected chi connectivity index (χ0v) is 13.0. The average Bonchev–Trinajstić information content (AvgIpc) is 2.41. The molecule has 1 aromatic carbocycles. The summed E-state index contributed by atoms with van der Waals surface area (Å²) >= 11 is 2.03. The van der Waals surface area contributed by atoms with Crippen molar-refractivity contribution in [2.45, 2.75) is 38.1 Å². The van der Waals surface area contributed by atoms with Crippen LogP contribution in [0, 0.1) is 0 Å². The highest BCUT2D eigenvalue weighted by Gasteiger charge is 2.25. The van der Waals surface area contributed by atoms with Gasteiger partial charge in [-0.25, -0.2) is 0 Å². The second kappa shape index (κ2) is 6.06. The van der Waals surface area contributed by atoms with Gasteiger partial charge in [0, 0.05) is 46.9 Å². The van der Waals surface area contributed by atoms with Gasteiger partial charge in [0.25, 0.3) is 0 Å². The van der Waals surface area contributed by atoms with E-state index in [9.17, 15) is 5.11 Å². The van der Waals surface area contributed by atoms with Crippen molar-refractivity contribution in [3.63, 3.8) is 0 Å². The van der Waals surface area contributed by atoms with E-state index in [1.165, 1.54) is 0 Å². The van der Waals surface area contributed by atoms with Crippen molar-refractivity contribution in [3.05, 3.63) is 23.8 Å². The van der Waals surface area contributed by atoms with E-state index < -0.39 is 0 Å². The maximum atomic E-state index is 10.2. The van der Waals surface area contributed by atoms with E-state index in [2.05, 4.69) is 37.1 Å². The van der Waals surface area contributed by atoms with E-state index in [0.717, 1.165) is 23.5 Å². The van der Waals surface area contributed by atoms with Crippen LogP contribution in [0.4, 0.5) is 5.69 Å². The minimum absolute atomic E-state index is 0.169. The van der Waals surface area contributed by atoms with Crippen molar-refractivity contribution in [2.24, 2.45) is 0 Å². The number of aromatic hydroxyl groups is 1. The van der Waals surface area contributed by atoms with Crippen LogP contribution in [0.25, 0.3) is 0 Å². The molecule has 3 unspecified atom stereocenters. The molecule has 2 rings (SSSR count). The maximum Gasteiger partial charge on any atom is 0.122 e. The molecule has 1 saturated heterocycles. The van der Waals surface area contributed by atoms with Crippen LogP contribution in [0.1, 0.15) is 32.4 Å². The van der Waals surface area contributed by atoms with Gasteiger partial charge < -0.3 is 15.3 Å². The van der Waals surface area contributed by atoms with Gasteiger partial charge in [-0.3, -0.25) is 0 Å². The molecule has 1 aliphatic heterocycles. The zero-order chi connectivity index (χ0) is 14.0. The Morgan fingerprint density at radius 3 is 2.79 bits per heavy atom. The van der Waals surface area contributed by atoms with Crippen LogP contribution in [0.3, 0.4) is 0 Å². The quantitative estimate of drug-likeness (QED) is 0.892. The fourth-order valence-electron chi connectivity index (χ4n) is 2.53. The fraction of sp³-hybridized carbons (Fsp3) is 0.600. The van der Waals surface area contributed by atoms with Crippen molar-refractivity contribution < 1.29 is 5.11 Å². The summed E-state index contributed by atoms with van der Waals surface area (Å²) in [5.74, 6) is 1.54. The predicted molar refractivity (Wildman–Crippen MR) is 84.3 cm³/mol. The number of hydrogen-bond acceptors (Lipinski definition) is 4. The molecule has 1 fully saturated rings. The maximum absolute atomic E-state index is 10.2. The molecule has 2 N–H and O–H groups in total. The smallest absolute Gasteiger partial charge is 0.122 e. The highest BCUT2D eigenvalue weighted by molar-refractivity contribution is 8.00. The van der Waals surface area contributed by atoms with E-state index in [1.54, 1.807) is 0 Å². The summed E-state index contributed by atoms with van der Waals surface area (Å²) in [5.41, 5.74) is 2.09. The number of nitrogens with zero attached hydrogens (tertiary/aromatic N) is 1. The van der Waals surface area contributed by atoms with Gasteiger partial charge in [-0.2, -0.15) is 11.8 Å². The minimum Gasteiger partial charge on any atom is -0.508 e. The van der Waals surface area contributed by atoms with Crippen molar-refractivity contribution in [1.82, 2.24) is 5.32 Å². The number of phenolic OH excluding ortho intramolecular Hbond substituents is 1. The van der Waals surface area contributed by atoms with Crippen LogP contribution >= 0.6 is 11.8 Å². The van der Waals surface area contributed by atoms with Crippen LogP contribution in [0.15, 0.2) is 18.2 Å². The molecule has 1 aliphatic rings. The third kappa shape index (κ3) is 3.00. The monoisotopic (exact) mass is 280 g/mol. The summed E-state index contributed by atoms with van der Waals surface area (Å²) in [5, 5.41) is 14.0. The lowest BCUT2D eigenvalue weighted by Gasteiger charge is -2.39. The van der Waals surface area contributed by atoms with E-state index >= 15 is 0 Å². The Kier molecular flexibility index (Phi) is 4.63. The van der Waals surface area contributed by atoms with Gasteiger partial charge in [-0.15, -0.1) is 0 Å². The molecule has 0 saturated carbocycles. The largest absolute Gasteiger partial charge is 0.508 e. The number of rotatable bonds is 3. The SMILES string of the molecule is CNC(C)c1ccc(N2CCSC(C)C2C)cc1O. The Morgan fingerprint density at radius 1 is 1.42 bits per heavy atom. The average molecular weight is 280 g/mol. The summed E-state index contributed by atoms with van der Waals surface area (Å²) < 4.78 is 0. The number of hydrogen-bond donors (Lipinski definition) is 2. The summed E-state index contributed by atoms with van der Waals surface area (Å²) in [7, 11) is 1.91. The van der Waals surface area contributed by atoms with Crippen LogP contribution in [0.5, 0.6) is 5.75 Å². The molecule has 3 nitrogen and oxygen atoms in total. The lowest BCUT2D eigenvalue weighted by atomic mass is 10.1. The normalized spacial score (nSPS) is 25.4. The Labute approximate surface area is 120 Å². The Balaban J connectivity index is 2.24. The first kappa shape index (κ1) is 14.5. The van der Waals surface area contributed by atoms with Crippen molar-refractivity contribution in [2.75, 3.05) is 24.2 Å². The molecule has 0 aliphatic carbocycles. The number of anilines is 1. The van der Waals surface area contributed by atoms with Crippen LogP contribution in [0.2, 0.25) is 0 Å². The third-order valence-electron chi connectivity index (χ3n) is 4.13. The van der Waals surface area contributed by atoms with Crippen LogP contribution in [-0.2, 0) is 0 Å². The molecule has 0 spiro atoms. The zero-order valence-electron chi connectivity index (χ0n) is 12.2. The van der Waals surface area contributed by atoms with Gasteiger partial charge in [0.1, 0.15) is 5.75 Å². The number of benzene rings is 1. The van der Waals surface area contributed by atoms with Gasteiger partial charge in [0.05, 0.1) is 0 Å². The molecular formula is C15H24N2OS. The first-order valence-electron chi connectivity index (χ1n) is 6.93. The van der Waals surface area contributed by atoms with Gasteiger partial charge >= 0.3 is 0 Å². The van der Waals surface area contributed by atoms with Crippen molar-refractivity contribution >= 4 is 17.4 Å². The molecule has 3 atom stereocenters. The highest BCUT2D eigenvalue weighted by Crippen LogP contribution is 2.33. The van der Waals surface area contributed by atoms with Gasteiger partial charge in [0.2, 0.25) is 0 Å². The second-order valence-corrected chi connectivity index (χ2v) is 6.75. The van der Waals surface area contributed by atoms with Crippen molar-refractivity contribution in [3.8, 4) is 5.75 Å². The second-order valence-electron chi connectivity index (χ2n) is 5.26. The van der Waals surface area contributed by atoms with E-state index in [1.807, 2.05) is 30.9 Å². The highest BCUT2D eigenvalue weighted by atomic mass is 32.2. The van der Waals surface area contributed by atoms with Crippen LogP contribution < -0.4 is 10.2 Å². The lowest BCUT2D eigenvalue weighted by Crippen LogP contribution is -2.44. The molecule has 0 radical (unpaired) electrons. The molecule has 1 aromatic rings. The Morgan fingerprint density at radius 2 is 2.16 bits per heavy atom. The standard InChI is InChI=1S/C15H24N2OS/c1-10(16-4)14-6-5-13(9-15(14)18)17-7-8-19-12(3)11(17)2/h5-6,9-12,16,18H,7-8H2,1-4H3.